The summed E-state index contributed by atoms with van der Waals surface area (Å²) in [7, 11) is 1.91. The van der Waals surface area contributed by atoms with Gasteiger partial charge in [-0.1, -0.05) is 0 Å². The van der Waals surface area contributed by atoms with Gasteiger partial charge in [0.25, 0.3) is 0 Å². The summed E-state index contributed by atoms with van der Waals surface area (Å²) in [5, 5.41) is 13.4. The Morgan fingerprint density at radius 3 is 2.43 bits per heavy atom. The normalized spacial score (nSPS) is 10.7. The lowest BCUT2D eigenvalue weighted by molar-refractivity contribution is -0.387. The van der Waals surface area contributed by atoms with Crippen molar-refractivity contribution in [3.05, 3.63) is 56.9 Å². The van der Waals surface area contributed by atoms with Crippen LogP contribution < -0.4 is 5.32 Å². The lowest BCUT2D eigenvalue weighted by Crippen LogP contribution is -2.05. The van der Waals surface area contributed by atoms with Crippen molar-refractivity contribution in [2.75, 3.05) is 5.32 Å². The predicted molar refractivity (Wildman–Crippen MR) is 75.2 cm³/mol. The maximum atomic E-state index is 13.7. The summed E-state index contributed by atoms with van der Waals surface area (Å²) in [5.74, 6) is -2.04. The lowest BCUT2D eigenvalue weighted by Gasteiger charge is -2.08. The molecular weight excluding hydrogens is 280 g/mol. The summed E-state index contributed by atoms with van der Waals surface area (Å²) in [4.78, 5) is 9.80. The van der Waals surface area contributed by atoms with E-state index in [0.29, 0.717) is 12.6 Å². The van der Waals surface area contributed by atoms with E-state index in [9.17, 15) is 18.9 Å². The maximum Gasteiger partial charge on any atom is 0.307 e. The lowest BCUT2D eigenvalue weighted by atomic mass is 10.2. The van der Waals surface area contributed by atoms with Crippen LogP contribution in [-0.2, 0) is 13.6 Å². The van der Waals surface area contributed by atoms with Gasteiger partial charge in [-0.3, -0.25) is 10.1 Å². The molecule has 0 saturated heterocycles. The fraction of sp³-hybridized carbons (Fsp3) is 0.286. The number of hydrogen-bond acceptors (Lipinski definition) is 3. The molecule has 0 atom stereocenters. The van der Waals surface area contributed by atoms with Crippen LogP contribution in [-0.4, -0.2) is 9.49 Å². The highest BCUT2D eigenvalue weighted by Gasteiger charge is 2.18. The zero-order chi connectivity index (χ0) is 15.7. The van der Waals surface area contributed by atoms with E-state index in [2.05, 4.69) is 5.32 Å². The molecule has 0 bridgehead atoms. The van der Waals surface area contributed by atoms with Crippen molar-refractivity contribution < 1.29 is 13.7 Å². The zero-order valence-electron chi connectivity index (χ0n) is 11.9. The first-order valence-corrected chi connectivity index (χ1v) is 6.30. The fourth-order valence-electron chi connectivity index (χ4n) is 2.12. The molecule has 1 aromatic carbocycles. The number of aromatic nitrogens is 1. The molecule has 0 unspecified atom stereocenters. The van der Waals surface area contributed by atoms with E-state index < -0.39 is 22.2 Å². The number of hydrogen-bond donors (Lipinski definition) is 1. The Kier molecular flexibility index (Phi) is 3.93. The number of nitro groups is 1. The fourth-order valence-corrected chi connectivity index (χ4v) is 2.12. The van der Waals surface area contributed by atoms with Crippen LogP contribution in [0.5, 0.6) is 0 Å². The minimum atomic E-state index is -1.19. The average Bonchev–Trinajstić information content (AvgIpc) is 2.65. The summed E-state index contributed by atoms with van der Waals surface area (Å²) in [5.41, 5.74) is 2.16. The Bertz CT molecular complexity index is 711. The summed E-state index contributed by atoms with van der Waals surface area (Å²) >= 11 is 0. The molecule has 0 aliphatic carbocycles. The van der Waals surface area contributed by atoms with Gasteiger partial charge in [-0.15, -0.1) is 0 Å². The standard InChI is InChI=1S/C14H15F2N3O2/c1-8-4-10(9(2)18(8)3)7-17-13-6-14(19(20)21)12(16)5-11(13)15/h4-6,17H,7H2,1-3H3. The summed E-state index contributed by atoms with van der Waals surface area (Å²) in [6, 6.07) is 3.33. The molecular formula is C14H15F2N3O2. The molecule has 0 spiro atoms. The number of rotatable bonds is 4. The molecule has 0 fully saturated rings. The van der Waals surface area contributed by atoms with Crippen LogP contribution in [0, 0.1) is 35.6 Å². The smallest absolute Gasteiger partial charge is 0.307 e. The predicted octanol–water partition coefficient (Wildman–Crippen LogP) is 3.44. The molecule has 112 valence electrons. The number of nitrogens with zero attached hydrogens (tertiary/aromatic N) is 2. The largest absolute Gasteiger partial charge is 0.378 e. The van der Waals surface area contributed by atoms with Crippen molar-refractivity contribution in [3.63, 3.8) is 0 Å². The van der Waals surface area contributed by atoms with Crippen LogP contribution in [0.1, 0.15) is 17.0 Å². The van der Waals surface area contributed by atoms with Gasteiger partial charge in [0.2, 0.25) is 5.82 Å². The quantitative estimate of drug-likeness (QED) is 0.694. The van der Waals surface area contributed by atoms with Gasteiger partial charge in [-0.2, -0.15) is 4.39 Å². The number of anilines is 1. The highest BCUT2D eigenvalue weighted by molar-refractivity contribution is 5.53. The SMILES string of the molecule is Cc1cc(CNc2cc([N+](=O)[O-])c(F)cc2F)c(C)n1C. The van der Waals surface area contributed by atoms with Crippen molar-refractivity contribution in [1.29, 1.82) is 0 Å². The van der Waals surface area contributed by atoms with Gasteiger partial charge in [0.05, 0.1) is 10.6 Å². The first kappa shape index (κ1) is 15.0. The van der Waals surface area contributed by atoms with Gasteiger partial charge < -0.3 is 9.88 Å². The zero-order valence-corrected chi connectivity index (χ0v) is 11.9. The number of nitro benzene ring substituents is 1. The van der Waals surface area contributed by atoms with Crippen molar-refractivity contribution >= 4 is 11.4 Å². The Morgan fingerprint density at radius 1 is 1.24 bits per heavy atom. The molecule has 1 aromatic heterocycles. The van der Waals surface area contributed by atoms with Crippen LogP contribution in [0.3, 0.4) is 0 Å². The van der Waals surface area contributed by atoms with Crippen LogP contribution in [0.25, 0.3) is 0 Å². The number of benzene rings is 1. The Hall–Kier alpha value is -2.44. The second-order valence-electron chi connectivity index (χ2n) is 4.85. The van der Waals surface area contributed by atoms with Crippen LogP contribution in [0.2, 0.25) is 0 Å². The number of halogens is 2. The van der Waals surface area contributed by atoms with Crippen LogP contribution >= 0.6 is 0 Å². The molecule has 0 amide bonds. The Balaban J connectivity index is 2.25. The molecule has 5 nitrogen and oxygen atoms in total. The van der Waals surface area contributed by atoms with Gasteiger partial charge >= 0.3 is 5.69 Å². The topological polar surface area (TPSA) is 60.1 Å². The van der Waals surface area contributed by atoms with Crippen molar-refractivity contribution in [3.8, 4) is 0 Å². The first-order valence-electron chi connectivity index (χ1n) is 6.30. The van der Waals surface area contributed by atoms with Gasteiger partial charge in [0.15, 0.2) is 0 Å². The summed E-state index contributed by atoms with van der Waals surface area (Å²) in [6.07, 6.45) is 0. The molecule has 7 heteroatoms. The van der Waals surface area contributed by atoms with E-state index in [1.54, 1.807) is 0 Å². The Morgan fingerprint density at radius 2 is 1.90 bits per heavy atom. The molecule has 21 heavy (non-hydrogen) atoms. The van der Waals surface area contributed by atoms with E-state index >= 15 is 0 Å². The Labute approximate surface area is 120 Å². The van der Waals surface area contributed by atoms with E-state index in [-0.39, 0.29) is 5.69 Å². The van der Waals surface area contributed by atoms with Crippen molar-refractivity contribution in [2.45, 2.75) is 20.4 Å². The second kappa shape index (κ2) is 5.51. The van der Waals surface area contributed by atoms with Gasteiger partial charge in [0, 0.05) is 37.1 Å². The molecule has 1 N–H and O–H groups in total. The van der Waals surface area contributed by atoms with E-state index in [4.69, 9.17) is 0 Å². The number of aryl methyl sites for hydroxylation is 1. The van der Waals surface area contributed by atoms with E-state index in [0.717, 1.165) is 23.0 Å². The van der Waals surface area contributed by atoms with Crippen LogP contribution in [0.4, 0.5) is 20.2 Å². The molecule has 1 heterocycles. The summed E-state index contributed by atoms with van der Waals surface area (Å²) in [6.45, 7) is 4.17. The summed E-state index contributed by atoms with van der Waals surface area (Å²) < 4.78 is 28.9. The minimum absolute atomic E-state index is 0.0935. The molecule has 0 radical (unpaired) electrons. The van der Waals surface area contributed by atoms with E-state index in [1.807, 2.05) is 31.5 Å². The molecule has 0 saturated carbocycles. The third-order valence-corrected chi connectivity index (χ3v) is 3.58. The third kappa shape index (κ3) is 2.86. The highest BCUT2D eigenvalue weighted by Crippen LogP contribution is 2.26. The molecule has 0 aliphatic rings. The molecule has 0 aliphatic heterocycles. The van der Waals surface area contributed by atoms with Crippen molar-refractivity contribution in [1.82, 2.24) is 4.57 Å². The number of nitrogens with one attached hydrogen (secondary N) is 1. The maximum absolute atomic E-state index is 13.7. The van der Waals surface area contributed by atoms with E-state index in [1.165, 1.54) is 0 Å². The first-order chi connectivity index (χ1) is 9.81. The third-order valence-electron chi connectivity index (χ3n) is 3.58. The second-order valence-corrected chi connectivity index (χ2v) is 4.85. The molecule has 2 aromatic rings. The van der Waals surface area contributed by atoms with Crippen molar-refractivity contribution in [2.24, 2.45) is 7.05 Å². The highest BCUT2D eigenvalue weighted by atomic mass is 19.1. The monoisotopic (exact) mass is 295 g/mol. The van der Waals surface area contributed by atoms with Gasteiger partial charge in [-0.05, 0) is 25.5 Å². The van der Waals surface area contributed by atoms with Gasteiger partial charge in [0.1, 0.15) is 5.82 Å². The van der Waals surface area contributed by atoms with Crippen LogP contribution in [0.15, 0.2) is 18.2 Å². The minimum Gasteiger partial charge on any atom is -0.378 e. The average molecular weight is 295 g/mol. The molecule has 2 rings (SSSR count). The van der Waals surface area contributed by atoms with Gasteiger partial charge in [-0.25, -0.2) is 4.39 Å².